The number of hydrogen-bond acceptors (Lipinski definition) is 2. The van der Waals surface area contributed by atoms with Gasteiger partial charge in [0.15, 0.2) is 0 Å². The van der Waals surface area contributed by atoms with Gasteiger partial charge in [0.2, 0.25) is 0 Å². The summed E-state index contributed by atoms with van der Waals surface area (Å²) in [5.41, 5.74) is 3.37. The van der Waals surface area contributed by atoms with Crippen LogP contribution in [0.5, 0.6) is 5.75 Å². The maximum absolute atomic E-state index is 10.4. The van der Waals surface area contributed by atoms with Gasteiger partial charge in [-0.3, -0.25) is 4.99 Å². The standard InChI is InChI=1S/C19H15NO.CH3.BrH.Ti/c21-19-16(14-20-17-11-5-2-6-12-17)10-7-13-18(19)15-8-3-1-4-9-15;;;/h1-14,21H;1H3;1H;/q;-1;;+2/p-1. The van der Waals surface area contributed by atoms with Crippen LogP contribution in [0.4, 0.5) is 5.69 Å². The van der Waals surface area contributed by atoms with Crippen LogP contribution in [0.2, 0.25) is 0 Å². The third kappa shape index (κ3) is 5.45. The van der Waals surface area contributed by atoms with Crippen LogP contribution in [0.25, 0.3) is 11.1 Å². The van der Waals surface area contributed by atoms with E-state index in [1.54, 1.807) is 6.21 Å². The van der Waals surface area contributed by atoms with Gasteiger partial charge >= 0.3 is 31.5 Å². The first-order valence-corrected chi connectivity index (χ1v) is 10.9. The molecule has 0 bridgehead atoms. The summed E-state index contributed by atoms with van der Waals surface area (Å²) >= 11 is 4.75. The molecule has 0 saturated carbocycles. The van der Waals surface area contributed by atoms with E-state index < -0.39 is 0 Å². The summed E-state index contributed by atoms with van der Waals surface area (Å²) in [6.07, 6.45) is 1.69. The number of halogens is 1. The number of para-hydroxylation sites is 2. The van der Waals surface area contributed by atoms with Gasteiger partial charge in [-0.05, 0) is 23.8 Å². The third-order valence-corrected chi connectivity index (χ3v) is 3.26. The fourth-order valence-corrected chi connectivity index (χ4v) is 2.17. The molecule has 120 valence electrons. The van der Waals surface area contributed by atoms with Crippen molar-refractivity contribution >= 4 is 25.1 Å². The molecule has 0 unspecified atom stereocenters. The Morgan fingerprint density at radius 1 is 0.792 bits per heavy atom. The molecule has 0 heterocycles. The van der Waals surface area contributed by atoms with Crippen molar-refractivity contribution in [3.63, 3.8) is 0 Å². The van der Waals surface area contributed by atoms with Crippen LogP contribution in [0, 0.1) is 7.43 Å². The van der Waals surface area contributed by atoms with E-state index >= 15 is 0 Å². The second-order valence-corrected chi connectivity index (χ2v) is 4.70. The van der Waals surface area contributed by atoms with Crippen LogP contribution in [0.1, 0.15) is 5.56 Å². The molecule has 0 saturated heterocycles. The molecule has 0 aromatic heterocycles. The summed E-state index contributed by atoms with van der Waals surface area (Å²) < 4.78 is 0. The van der Waals surface area contributed by atoms with Gasteiger partial charge in [-0.15, -0.1) is 0 Å². The average Bonchev–Trinajstić information content (AvgIpc) is 2.64. The molecule has 24 heavy (non-hydrogen) atoms. The van der Waals surface area contributed by atoms with Crippen LogP contribution in [0.3, 0.4) is 0 Å². The first-order valence-electron chi connectivity index (χ1n) is 7.00. The number of hydrogen-bond donors (Lipinski definition) is 1. The van der Waals surface area contributed by atoms with E-state index in [9.17, 15) is 5.11 Å². The van der Waals surface area contributed by atoms with Crippen LogP contribution in [0.15, 0.2) is 83.9 Å². The summed E-state index contributed by atoms with van der Waals surface area (Å²) in [5, 5.41) is 10.4. The average molecular weight is 416 g/mol. The molecule has 3 aromatic rings. The SMILES string of the molecule is Oc1c(C=Nc2ccccc2)cccc1-c1ccccc1.[CH3-].[Ti+][Br]. The minimum absolute atomic E-state index is 0. The Balaban J connectivity index is 0.000000925. The van der Waals surface area contributed by atoms with E-state index in [1.807, 2.05) is 97.2 Å². The second-order valence-electron chi connectivity index (χ2n) is 4.70. The Bertz CT molecular complexity index is 761. The molecule has 0 aliphatic carbocycles. The Morgan fingerprint density at radius 2 is 1.38 bits per heavy atom. The Labute approximate surface area is 161 Å². The first-order chi connectivity index (χ1) is 11.3. The summed E-state index contributed by atoms with van der Waals surface area (Å²) in [6.45, 7) is 0. The molecule has 2 nitrogen and oxygen atoms in total. The normalized spacial score (nSPS) is 9.67. The van der Waals surface area contributed by atoms with Gasteiger partial charge in [-0.2, -0.15) is 0 Å². The third-order valence-electron chi connectivity index (χ3n) is 3.26. The second kappa shape index (κ2) is 11.0. The van der Waals surface area contributed by atoms with Gasteiger partial charge in [0.05, 0.1) is 5.69 Å². The zero-order chi connectivity index (χ0) is 16.5. The molecular formula is C20H18BrNOTi. The summed E-state index contributed by atoms with van der Waals surface area (Å²) in [7, 11) is 0. The van der Waals surface area contributed by atoms with E-state index in [-0.39, 0.29) is 13.2 Å². The van der Waals surface area contributed by atoms with Crippen molar-refractivity contribution < 1.29 is 23.4 Å². The van der Waals surface area contributed by atoms with Crippen LogP contribution in [-0.4, -0.2) is 11.3 Å². The van der Waals surface area contributed by atoms with E-state index in [0.717, 1.165) is 16.8 Å². The molecule has 0 atom stereocenters. The fraction of sp³-hybridized carbons (Fsp3) is 0. The molecular weight excluding hydrogens is 398 g/mol. The fourth-order valence-electron chi connectivity index (χ4n) is 2.17. The van der Waals surface area contributed by atoms with Crippen molar-refractivity contribution in [3.8, 4) is 16.9 Å². The van der Waals surface area contributed by atoms with E-state index in [1.165, 1.54) is 0 Å². The van der Waals surface area contributed by atoms with Crippen molar-refractivity contribution in [1.82, 2.24) is 0 Å². The van der Waals surface area contributed by atoms with Crippen molar-refractivity contribution in [2.75, 3.05) is 0 Å². The molecule has 0 aliphatic heterocycles. The van der Waals surface area contributed by atoms with Crippen molar-refractivity contribution in [1.29, 1.82) is 0 Å². The zero-order valence-electron chi connectivity index (χ0n) is 13.4. The van der Waals surface area contributed by atoms with Gasteiger partial charge in [-0.25, -0.2) is 0 Å². The number of aromatic hydroxyl groups is 1. The summed E-state index contributed by atoms with van der Waals surface area (Å²) in [4.78, 5) is 4.39. The molecule has 0 aliphatic rings. The Hall–Kier alpha value is -1.68. The molecule has 0 spiro atoms. The molecule has 3 rings (SSSR count). The number of rotatable bonds is 3. The number of benzene rings is 3. The van der Waals surface area contributed by atoms with Crippen molar-refractivity contribution in [2.24, 2.45) is 4.99 Å². The number of phenols is 1. The number of phenolic OH excluding ortho intramolecular Hbond substituents is 1. The Morgan fingerprint density at radius 3 is 2.00 bits per heavy atom. The summed E-state index contributed by atoms with van der Waals surface area (Å²) in [5.74, 6) is 0.253. The van der Waals surface area contributed by atoms with Crippen molar-refractivity contribution in [3.05, 3.63) is 91.9 Å². The van der Waals surface area contributed by atoms with Gasteiger partial charge in [-0.1, -0.05) is 60.7 Å². The first kappa shape index (κ1) is 20.4. The van der Waals surface area contributed by atoms with Gasteiger partial charge < -0.3 is 12.5 Å². The van der Waals surface area contributed by atoms with Gasteiger partial charge in [0.25, 0.3) is 0 Å². The molecule has 3 aromatic carbocycles. The topological polar surface area (TPSA) is 32.6 Å². The molecule has 0 fully saturated rings. The van der Waals surface area contributed by atoms with Gasteiger partial charge in [0.1, 0.15) is 5.75 Å². The molecule has 0 radical (unpaired) electrons. The number of nitrogens with zero attached hydrogens (tertiary/aromatic N) is 1. The van der Waals surface area contributed by atoms with Crippen molar-refractivity contribution in [2.45, 2.75) is 0 Å². The van der Waals surface area contributed by atoms with Crippen LogP contribution < -0.4 is 0 Å². The predicted octanol–water partition coefficient (Wildman–Crippen LogP) is 6.10. The predicted molar refractivity (Wildman–Crippen MR) is 103 cm³/mol. The van der Waals surface area contributed by atoms with E-state index in [2.05, 4.69) is 18.2 Å². The minimum atomic E-state index is 0. The monoisotopic (exact) mass is 415 g/mol. The van der Waals surface area contributed by atoms with Crippen LogP contribution >= 0.6 is 13.2 Å². The molecule has 4 heteroatoms. The number of aliphatic imine (C=N–C) groups is 1. The quantitative estimate of drug-likeness (QED) is 0.312. The van der Waals surface area contributed by atoms with E-state index in [4.69, 9.17) is 0 Å². The van der Waals surface area contributed by atoms with E-state index in [0.29, 0.717) is 5.56 Å². The van der Waals surface area contributed by atoms with Crippen LogP contribution in [-0.2, 0) is 18.3 Å². The van der Waals surface area contributed by atoms with Gasteiger partial charge in [0, 0.05) is 17.3 Å². The summed E-state index contributed by atoms with van der Waals surface area (Å²) in [6, 6.07) is 25.2. The molecule has 1 N–H and O–H groups in total. The Kier molecular flexibility index (Phi) is 9.32. The maximum atomic E-state index is 10.4. The molecule has 0 amide bonds. The zero-order valence-corrected chi connectivity index (χ0v) is 16.5.